The molecule has 1 atom stereocenters. The summed E-state index contributed by atoms with van der Waals surface area (Å²) in [5.41, 5.74) is 1.08. The average molecular weight is 356 g/mol. The molecule has 3 rings (SSSR count). The summed E-state index contributed by atoms with van der Waals surface area (Å²) in [4.78, 5) is 18.9. The van der Waals surface area contributed by atoms with Crippen molar-refractivity contribution in [2.24, 2.45) is 5.41 Å². The molecule has 2 heterocycles. The van der Waals surface area contributed by atoms with Gasteiger partial charge in [-0.15, -0.1) is 0 Å². The predicted molar refractivity (Wildman–Crippen MR) is 101 cm³/mol. The Hall–Kier alpha value is -2.34. The molecule has 0 bridgehead atoms. The number of para-hydroxylation sites is 1. The zero-order valence-electron chi connectivity index (χ0n) is 15.8. The summed E-state index contributed by atoms with van der Waals surface area (Å²) in [6, 6.07) is 8.06. The van der Waals surface area contributed by atoms with Crippen molar-refractivity contribution < 1.29 is 9.53 Å². The van der Waals surface area contributed by atoms with Crippen molar-refractivity contribution in [3.8, 4) is 5.75 Å². The highest BCUT2D eigenvalue weighted by molar-refractivity contribution is 5.78. The van der Waals surface area contributed by atoms with Gasteiger partial charge in [-0.3, -0.25) is 9.69 Å². The number of nitrogens with one attached hydrogen (secondary N) is 1. The van der Waals surface area contributed by atoms with E-state index in [0.29, 0.717) is 19.7 Å². The van der Waals surface area contributed by atoms with E-state index in [0.717, 1.165) is 24.4 Å². The smallest absolute Gasteiger partial charge is 0.234 e. The van der Waals surface area contributed by atoms with Crippen molar-refractivity contribution in [1.82, 2.24) is 19.8 Å². The molecule has 0 fully saturated rings. The molecule has 1 aromatic heterocycles. The monoisotopic (exact) mass is 356 g/mol. The summed E-state index contributed by atoms with van der Waals surface area (Å²) in [7, 11) is 0. The summed E-state index contributed by atoms with van der Waals surface area (Å²) in [6.07, 6.45) is 5.47. The minimum absolute atomic E-state index is 0.0275. The average Bonchev–Trinajstić information content (AvgIpc) is 2.99. The van der Waals surface area contributed by atoms with Gasteiger partial charge in [0.2, 0.25) is 5.91 Å². The Kier molecular flexibility index (Phi) is 5.61. The van der Waals surface area contributed by atoms with E-state index in [2.05, 4.69) is 42.0 Å². The molecule has 1 amide bonds. The van der Waals surface area contributed by atoms with E-state index in [9.17, 15) is 4.79 Å². The zero-order valence-corrected chi connectivity index (χ0v) is 15.8. The number of nitrogens with zero attached hydrogens (tertiary/aromatic N) is 3. The summed E-state index contributed by atoms with van der Waals surface area (Å²) in [6.45, 7) is 9.58. The van der Waals surface area contributed by atoms with Crippen molar-refractivity contribution in [2.45, 2.75) is 39.9 Å². The van der Waals surface area contributed by atoms with Crippen LogP contribution in [-0.2, 0) is 17.9 Å². The van der Waals surface area contributed by atoms with Crippen LogP contribution in [0.2, 0.25) is 0 Å². The van der Waals surface area contributed by atoms with Crippen LogP contribution < -0.4 is 10.1 Å². The molecule has 0 aliphatic carbocycles. The number of hydrogen-bond acceptors (Lipinski definition) is 4. The molecule has 0 spiro atoms. The van der Waals surface area contributed by atoms with Gasteiger partial charge in [0.15, 0.2) is 0 Å². The Morgan fingerprint density at radius 3 is 2.88 bits per heavy atom. The molecule has 1 aromatic carbocycles. The van der Waals surface area contributed by atoms with Crippen LogP contribution >= 0.6 is 0 Å². The molecule has 1 N–H and O–H groups in total. The minimum atomic E-state index is -0.0472. The zero-order chi connectivity index (χ0) is 18.6. The standard InChI is InChI=1S/C20H28N4O2/c1-20(2,3)18(13-24-9-8-21-15-24)22-19(25)14-23-10-11-26-17-7-5-4-6-16(17)12-23/h4-9,15,18H,10-14H2,1-3H3,(H,22,25)/t18-/m0/s1. The van der Waals surface area contributed by atoms with E-state index in [4.69, 9.17) is 4.74 Å². The van der Waals surface area contributed by atoms with Crippen molar-refractivity contribution >= 4 is 5.91 Å². The number of imidazole rings is 1. The third kappa shape index (κ3) is 4.85. The van der Waals surface area contributed by atoms with E-state index in [1.54, 1.807) is 12.5 Å². The second-order valence-electron chi connectivity index (χ2n) is 7.91. The highest BCUT2D eigenvalue weighted by atomic mass is 16.5. The first-order chi connectivity index (χ1) is 12.4. The lowest BCUT2D eigenvalue weighted by atomic mass is 9.86. The molecule has 1 aliphatic rings. The lowest BCUT2D eigenvalue weighted by Gasteiger charge is -2.32. The topological polar surface area (TPSA) is 59.4 Å². The molecule has 26 heavy (non-hydrogen) atoms. The third-order valence-electron chi connectivity index (χ3n) is 4.73. The van der Waals surface area contributed by atoms with Crippen LogP contribution in [0.4, 0.5) is 0 Å². The largest absolute Gasteiger partial charge is 0.492 e. The van der Waals surface area contributed by atoms with E-state index in [1.165, 1.54) is 0 Å². The normalized spacial score (nSPS) is 16.3. The van der Waals surface area contributed by atoms with Crippen LogP contribution in [0.1, 0.15) is 26.3 Å². The molecule has 140 valence electrons. The first-order valence-corrected chi connectivity index (χ1v) is 9.10. The fourth-order valence-electron chi connectivity index (χ4n) is 3.10. The van der Waals surface area contributed by atoms with Gasteiger partial charge in [0.1, 0.15) is 12.4 Å². The molecule has 6 nitrogen and oxygen atoms in total. The van der Waals surface area contributed by atoms with Crippen molar-refractivity contribution in [3.63, 3.8) is 0 Å². The number of rotatable bonds is 5. The second-order valence-corrected chi connectivity index (χ2v) is 7.91. The van der Waals surface area contributed by atoms with Crippen LogP contribution in [0.15, 0.2) is 43.0 Å². The van der Waals surface area contributed by atoms with Gasteiger partial charge < -0.3 is 14.6 Å². The van der Waals surface area contributed by atoms with Crippen LogP contribution in [0.25, 0.3) is 0 Å². The minimum Gasteiger partial charge on any atom is -0.492 e. The number of fused-ring (bicyclic) bond motifs is 1. The van der Waals surface area contributed by atoms with Gasteiger partial charge in [-0.1, -0.05) is 39.0 Å². The fourth-order valence-corrected chi connectivity index (χ4v) is 3.10. The van der Waals surface area contributed by atoms with E-state index >= 15 is 0 Å². The van der Waals surface area contributed by atoms with Crippen LogP contribution in [-0.4, -0.2) is 46.1 Å². The molecular formula is C20H28N4O2. The Morgan fingerprint density at radius 1 is 1.35 bits per heavy atom. The highest BCUT2D eigenvalue weighted by Crippen LogP contribution is 2.23. The molecule has 6 heteroatoms. The Balaban J connectivity index is 1.61. The van der Waals surface area contributed by atoms with Gasteiger partial charge in [0, 0.05) is 37.6 Å². The predicted octanol–water partition coefficient (Wildman–Crippen LogP) is 2.31. The first kappa shape index (κ1) is 18.5. The second kappa shape index (κ2) is 7.91. The molecule has 1 aliphatic heterocycles. The maximum Gasteiger partial charge on any atom is 0.234 e. The number of hydrogen-bond donors (Lipinski definition) is 1. The number of aromatic nitrogens is 2. The van der Waals surface area contributed by atoms with Gasteiger partial charge >= 0.3 is 0 Å². The van der Waals surface area contributed by atoms with Crippen molar-refractivity contribution in [2.75, 3.05) is 19.7 Å². The molecule has 0 unspecified atom stereocenters. The summed E-state index contributed by atoms with van der Waals surface area (Å²) >= 11 is 0. The molecule has 0 saturated carbocycles. The number of carbonyl (C=O) groups excluding carboxylic acids is 1. The van der Waals surface area contributed by atoms with Gasteiger partial charge in [0.25, 0.3) is 0 Å². The highest BCUT2D eigenvalue weighted by Gasteiger charge is 2.27. The van der Waals surface area contributed by atoms with Crippen LogP contribution in [0, 0.1) is 5.41 Å². The van der Waals surface area contributed by atoms with Crippen molar-refractivity contribution in [3.05, 3.63) is 48.5 Å². The third-order valence-corrected chi connectivity index (χ3v) is 4.73. The first-order valence-electron chi connectivity index (χ1n) is 9.10. The molecule has 0 saturated heterocycles. The Morgan fingerprint density at radius 2 is 2.15 bits per heavy atom. The van der Waals surface area contributed by atoms with Gasteiger partial charge in [-0.05, 0) is 11.5 Å². The van der Waals surface area contributed by atoms with Gasteiger partial charge in [-0.2, -0.15) is 0 Å². The number of amides is 1. The van der Waals surface area contributed by atoms with Crippen molar-refractivity contribution in [1.29, 1.82) is 0 Å². The lowest BCUT2D eigenvalue weighted by Crippen LogP contribution is -2.49. The SMILES string of the molecule is CC(C)(C)[C@H](Cn1ccnc1)NC(=O)CN1CCOc2ccccc2C1. The summed E-state index contributed by atoms with van der Waals surface area (Å²) < 4.78 is 7.79. The molecule has 0 radical (unpaired) electrons. The van der Waals surface area contributed by atoms with E-state index < -0.39 is 0 Å². The lowest BCUT2D eigenvalue weighted by molar-refractivity contribution is -0.124. The van der Waals surface area contributed by atoms with Crippen LogP contribution in [0.3, 0.4) is 0 Å². The van der Waals surface area contributed by atoms with Gasteiger partial charge in [0.05, 0.1) is 18.9 Å². The van der Waals surface area contributed by atoms with E-state index in [1.807, 2.05) is 29.0 Å². The maximum absolute atomic E-state index is 12.7. The Labute approximate surface area is 155 Å². The number of ether oxygens (including phenoxy) is 1. The van der Waals surface area contributed by atoms with Gasteiger partial charge in [-0.25, -0.2) is 4.98 Å². The maximum atomic E-state index is 12.7. The molecule has 2 aromatic rings. The summed E-state index contributed by atoms with van der Waals surface area (Å²) in [5, 5.41) is 3.22. The quantitative estimate of drug-likeness (QED) is 0.893. The number of carbonyl (C=O) groups is 1. The summed E-state index contributed by atoms with van der Waals surface area (Å²) in [5.74, 6) is 0.965. The fraction of sp³-hybridized carbons (Fsp3) is 0.500. The molecular weight excluding hydrogens is 328 g/mol. The Bertz CT molecular complexity index is 722. The van der Waals surface area contributed by atoms with E-state index in [-0.39, 0.29) is 17.4 Å². The number of benzene rings is 1. The van der Waals surface area contributed by atoms with Crippen LogP contribution in [0.5, 0.6) is 5.75 Å².